The summed E-state index contributed by atoms with van der Waals surface area (Å²) in [6.45, 7) is 2.13. The van der Waals surface area contributed by atoms with Crippen LogP contribution in [-0.4, -0.2) is 62.4 Å². The average molecular weight is 526 g/mol. The molecule has 1 aromatic heterocycles. The molecule has 0 saturated carbocycles. The van der Waals surface area contributed by atoms with Gasteiger partial charge in [0.2, 0.25) is 0 Å². The Morgan fingerprint density at radius 2 is 1.82 bits per heavy atom. The number of likely N-dealkylation sites (tertiary alicyclic amines) is 1. The van der Waals surface area contributed by atoms with E-state index in [0.29, 0.717) is 6.54 Å². The Morgan fingerprint density at radius 3 is 2.45 bits per heavy atom. The summed E-state index contributed by atoms with van der Waals surface area (Å²) in [5.41, 5.74) is 3.21. The van der Waals surface area contributed by atoms with Crippen LogP contribution in [0.5, 0.6) is 5.75 Å². The Hall–Kier alpha value is -3.28. The number of aliphatic hydroxyl groups excluding tert-OH is 1. The number of nitrogens with zero attached hydrogens (tertiary/aromatic N) is 3. The number of fused-ring (bicyclic) bond motifs is 1. The summed E-state index contributed by atoms with van der Waals surface area (Å²) in [6.07, 6.45) is 6.30. The van der Waals surface area contributed by atoms with E-state index >= 15 is 0 Å². The summed E-state index contributed by atoms with van der Waals surface area (Å²) in [5, 5.41) is 11.4. The molecule has 0 spiro atoms. The largest absolute Gasteiger partial charge is 0.497 e. The highest BCUT2D eigenvalue weighted by Crippen LogP contribution is 2.37. The number of halogens is 3. The summed E-state index contributed by atoms with van der Waals surface area (Å²) in [4.78, 5) is 8.87. The van der Waals surface area contributed by atoms with Crippen LogP contribution < -0.4 is 9.64 Å². The van der Waals surface area contributed by atoms with E-state index in [9.17, 15) is 18.3 Å². The van der Waals surface area contributed by atoms with Gasteiger partial charge in [-0.05, 0) is 86.5 Å². The van der Waals surface area contributed by atoms with E-state index < -0.39 is 17.5 Å². The predicted octanol–water partition coefficient (Wildman–Crippen LogP) is 5.18. The Morgan fingerprint density at radius 1 is 1.11 bits per heavy atom. The van der Waals surface area contributed by atoms with Crippen LogP contribution in [0.2, 0.25) is 0 Å². The number of ether oxygens (including phenoxy) is 1. The van der Waals surface area contributed by atoms with Gasteiger partial charge in [-0.1, -0.05) is 11.8 Å². The van der Waals surface area contributed by atoms with Crippen molar-refractivity contribution in [1.29, 1.82) is 0 Å². The number of rotatable bonds is 8. The number of benzene rings is 2. The quantitative estimate of drug-likeness (QED) is 0.325. The highest BCUT2D eigenvalue weighted by atomic mass is 19.2. The summed E-state index contributed by atoms with van der Waals surface area (Å²) in [5.74, 6) is 2.49. The van der Waals surface area contributed by atoms with Crippen molar-refractivity contribution in [2.75, 3.05) is 52.3 Å². The molecular formula is C30H34F3N3O2. The number of methoxy groups -OCH3 is 1. The molecule has 2 aromatic carbocycles. The fraction of sp³-hybridized carbons (Fsp3) is 0.433. The molecule has 38 heavy (non-hydrogen) atoms. The summed E-state index contributed by atoms with van der Waals surface area (Å²) < 4.78 is 45.4. The SMILES string of the molecule is COc1ccc2ncc(N(C)C)c(CCCC3(CO)CCN(CC#Cc4cc(F)c(F)c(F)c4)CC3)c2c1. The Balaban J connectivity index is 1.38. The molecule has 2 heterocycles. The summed E-state index contributed by atoms with van der Waals surface area (Å²) in [6, 6.07) is 7.75. The van der Waals surface area contributed by atoms with Crippen LogP contribution in [-0.2, 0) is 6.42 Å². The number of hydrogen-bond acceptors (Lipinski definition) is 5. The smallest absolute Gasteiger partial charge is 0.194 e. The van der Waals surface area contributed by atoms with Gasteiger partial charge in [0, 0.05) is 31.7 Å². The molecule has 0 radical (unpaired) electrons. The van der Waals surface area contributed by atoms with Crippen LogP contribution in [0.1, 0.15) is 36.8 Å². The van der Waals surface area contributed by atoms with E-state index in [4.69, 9.17) is 4.74 Å². The first-order valence-corrected chi connectivity index (χ1v) is 12.8. The fourth-order valence-corrected chi connectivity index (χ4v) is 5.19. The minimum atomic E-state index is -1.48. The predicted molar refractivity (Wildman–Crippen MR) is 144 cm³/mol. The number of hydrogen-bond donors (Lipinski definition) is 1. The number of pyridine rings is 1. The number of aryl methyl sites for hydroxylation is 1. The Labute approximate surface area is 222 Å². The lowest BCUT2D eigenvalue weighted by atomic mass is 9.75. The zero-order chi connectivity index (χ0) is 27.3. The van der Waals surface area contributed by atoms with Gasteiger partial charge in [0.15, 0.2) is 17.5 Å². The maximum absolute atomic E-state index is 13.4. The third-order valence-electron chi connectivity index (χ3n) is 7.55. The number of piperidine rings is 1. The van der Waals surface area contributed by atoms with Crippen molar-refractivity contribution in [3.05, 3.63) is 65.1 Å². The van der Waals surface area contributed by atoms with Gasteiger partial charge in [-0.25, -0.2) is 13.2 Å². The molecule has 0 unspecified atom stereocenters. The van der Waals surface area contributed by atoms with E-state index in [0.717, 1.165) is 79.7 Å². The normalized spacial score (nSPS) is 15.2. The monoisotopic (exact) mass is 525 g/mol. The number of aromatic nitrogens is 1. The molecule has 0 bridgehead atoms. The van der Waals surface area contributed by atoms with E-state index in [1.165, 1.54) is 5.56 Å². The van der Waals surface area contributed by atoms with Crippen LogP contribution in [0.15, 0.2) is 36.5 Å². The molecule has 5 nitrogen and oxygen atoms in total. The first-order chi connectivity index (χ1) is 18.2. The van der Waals surface area contributed by atoms with Crippen molar-refractivity contribution in [2.24, 2.45) is 5.41 Å². The van der Waals surface area contributed by atoms with Gasteiger partial charge in [0.05, 0.1) is 31.1 Å². The van der Waals surface area contributed by atoms with E-state index in [-0.39, 0.29) is 17.6 Å². The highest BCUT2D eigenvalue weighted by Gasteiger charge is 2.33. The van der Waals surface area contributed by atoms with Gasteiger partial charge in [-0.15, -0.1) is 0 Å². The van der Waals surface area contributed by atoms with Crippen molar-refractivity contribution < 1.29 is 23.0 Å². The second-order valence-corrected chi connectivity index (χ2v) is 10.2. The van der Waals surface area contributed by atoms with Gasteiger partial charge >= 0.3 is 0 Å². The molecule has 1 aliphatic heterocycles. The molecule has 0 atom stereocenters. The first-order valence-electron chi connectivity index (χ1n) is 12.8. The van der Waals surface area contributed by atoms with Crippen molar-refractivity contribution in [2.45, 2.75) is 32.1 Å². The number of anilines is 1. The third kappa shape index (κ3) is 6.23. The second-order valence-electron chi connectivity index (χ2n) is 10.2. The van der Waals surface area contributed by atoms with Crippen LogP contribution in [0.4, 0.5) is 18.9 Å². The van der Waals surface area contributed by atoms with E-state index in [1.807, 2.05) is 38.5 Å². The van der Waals surface area contributed by atoms with Crippen LogP contribution >= 0.6 is 0 Å². The van der Waals surface area contributed by atoms with Crippen molar-refractivity contribution in [1.82, 2.24) is 9.88 Å². The molecule has 3 aromatic rings. The minimum Gasteiger partial charge on any atom is -0.497 e. The topological polar surface area (TPSA) is 48.8 Å². The molecule has 0 amide bonds. The molecule has 0 aliphatic carbocycles. The molecule has 1 saturated heterocycles. The van der Waals surface area contributed by atoms with Crippen LogP contribution in [0.25, 0.3) is 10.9 Å². The van der Waals surface area contributed by atoms with Crippen LogP contribution in [0.3, 0.4) is 0 Å². The van der Waals surface area contributed by atoms with Crippen molar-refractivity contribution >= 4 is 16.6 Å². The molecule has 1 aliphatic rings. The maximum Gasteiger partial charge on any atom is 0.194 e. The lowest BCUT2D eigenvalue weighted by molar-refractivity contribution is 0.0401. The highest BCUT2D eigenvalue weighted by molar-refractivity contribution is 5.88. The van der Waals surface area contributed by atoms with Crippen LogP contribution in [0, 0.1) is 34.7 Å². The zero-order valence-corrected chi connectivity index (χ0v) is 22.2. The third-order valence-corrected chi connectivity index (χ3v) is 7.55. The summed E-state index contributed by atoms with van der Waals surface area (Å²) >= 11 is 0. The van der Waals surface area contributed by atoms with E-state index in [1.54, 1.807) is 7.11 Å². The summed E-state index contributed by atoms with van der Waals surface area (Å²) in [7, 11) is 5.70. The van der Waals surface area contributed by atoms with Gasteiger partial charge in [0.1, 0.15) is 5.75 Å². The van der Waals surface area contributed by atoms with E-state index in [2.05, 4.69) is 26.6 Å². The van der Waals surface area contributed by atoms with Gasteiger partial charge in [-0.3, -0.25) is 9.88 Å². The van der Waals surface area contributed by atoms with Crippen molar-refractivity contribution in [3.8, 4) is 17.6 Å². The van der Waals surface area contributed by atoms with Gasteiger partial charge in [0.25, 0.3) is 0 Å². The van der Waals surface area contributed by atoms with Crippen molar-refractivity contribution in [3.63, 3.8) is 0 Å². The van der Waals surface area contributed by atoms with Gasteiger partial charge in [-0.2, -0.15) is 0 Å². The second kappa shape index (κ2) is 12.1. The number of aliphatic hydroxyl groups is 1. The maximum atomic E-state index is 13.4. The minimum absolute atomic E-state index is 0.112. The molecule has 202 valence electrons. The molecule has 4 rings (SSSR count). The molecular weight excluding hydrogens is 491 g/mol. The fourth-order valence-electron chi connectivity index (χ4n) is 5.19. The standard InChI is InChI=1S/C30H34F3N3O2/c1-35(2)28-19-34-27-9-8-22(38-3)18-24(27)23(28)7-4-10-30(20-37)11-14-36(15-12-30)13-5-6-21-16-25(31)29(33)26(32)17-21/h8-9,16-19,37H,4,7,10-15,20H2,1-3H3. The van der Waals surface area contributed by atoms with Gasteiger partial charge < -0.3 is 14.7 Å². The average Bonchev–Trinajstić information content (AvgIpc) is 2.92. The lowest BCUT2D eigenvalue weighted by Gasteiger charge is -2.40. The molecule has 8 heteroatoms. The first kappa shape index (κ1) is 27.7. The Kier molecular flexibility index (Phi) is 8.80. The lowest BCUT2D eigenvalue weighted by Crippen LogP contribution is -2.42. The molecule has 1 N–H and O–H groups in total. The molecule has 1 fully saturated rings. The zero-order valence-electron chi connectivity index (χ0n) is 22.2. The Bertz CT molecular complexity index is 1320.